The van der Waals surface area contributed by atoms with Gasteiger partial charge in [-0.3, -0.25) is 4.79 Å². The SMILES string of the molecule is COC(=O)[C@@]12CC[C@@H](C1)C(C)(C)[C@H]2O. The van der Waals surface area contributed by atoms with E-state index in [-0.39, 0.29) is 11.4 Å². The van der Waals surface area contributed by atoms with E-state index in [0.717, 1.165) is 19.3 Å². The summed E-state index contributed by atoms with van der Waals surface area (Å²) in [5, 5.41) is 10.2. The van der Waals surface area contributed by atoms with Crippen LogP contribution in [0.4, 0.5) is 0 Å². The second-order valence-corrected chi connectivity index (χ2v) is 5.31. The van der Waals surface area contributed by atoms with Crippen LogP contribution < -0.4 is 0 Å². The van der Waals surface area contributed by atoms with Crippen LogP contribution in [-0.4, -0.2) is 24.3 Å². The topological polar surface area (TPSA) is 46.5 Å². The van der Waals surface area contributed by atoms with Gasteiger partial charge in [0, 0.05) is 0 Å². The van der Waals surface area contributed by atoms with Gasteiger partial charge in [-0.05, 0) is 30.6 Å². The van der Waals surface area contributed by atoms with Crippen LogP contribution in [0.15, 0.2) is 0 Å². The number of hydrogen-bond donors (Lipinski definition) is 1. The van der Waals surface area contributed by atoms with Gasteiger partial charge in [0.1, 0.15) is 0 Å². The first kappa shape index (κ1) is 9.97. The van der Waals surface area contributed by atoms with Gasteiger partial charge in [0.05, 0.1) is 18.6 Å². The molecule has 0 amide bonds. The van der Waals surface area contributed by atoms with E-state index >= 15 is 0 Å². The van der Waals surface area contributed by atoms with Gasteiger partial charge in [-0.1, -0.05) is 13.8 Å². The van der Waals surface area contributed by atoms with Crippen molar-refractivity contribution in [2.24, 2.45) is 16.7 Å². The van der Waals surface area contributed by atoms with Gasteiger partial charge in [-0.2, -0.15) is 0 Å². The second kappa shape index (κ2) is 2.72. The fraction of sp³-hybridized carbons (Fsp3) is 0.909. The Labute approximate surface area is 84.4 Å². The molecule has 0 aromatic heterocycles. The summed E-state index contributed by atoms with van der Waals surface area (Å²) in [6, 6.07) is 0. The largest absolute Gasteiger partial charge is 0.469 e. The lowest BCUT2D eigenvalue weighted by molar-refractivity contribution is -0.162. The summed E-state index contributed by atoms with van der Waals surface area (Å²) in [6.45, 7) is 4.10. The van der Waals surface area contributed by atoms with E-state index in [2.05, 4.69) is 0 Å². The molecule has 2 fully saturated rings. The Kier molecular flexibility index (Phi) is 1.94. The number of rotatable bonds is 1. The number of aliphatic hydroxyl groups excluding tert-OH is 1. The molecule has 2 saturated carbocycles. The summed E-state index contributed by atoms with van der Waals surface area (Å²) >= 11 is 0. The zero-order chi connectivity index (χ0) is 10.6. The summed E-state index contributed by atoms with van der Waals surface area (Å²) in [5.41, 5.74) is -0.727. The maximum atomic E-state index is 11.7. The minimum atomic E-state index is -0.594. The monoisotopic (exact) mass is 198 g/mol. The minimum Gasteiger partial charge on any atom is -0.469 e. The fourth-order valence-corrected chi connectivity index (χ4v) is 3.39. The molecule has 3 nitrogen and oxygen atoms in total. The van der Waals surface area contributed by atoms with E-state index in [1.807, 2.05) is 13.8 Å². The smallest absolute Gasteiger partial charge is 0.314 e. The summed E-state index contributed by atoms with van der Waals surface area (Å²) in [7, 11) is 1.41. The number of methoxy groups -OCH3 is 1. The molecule has 0 heterocycles. The molecule has 2 bridgehead atoms. The molecule has 2 aliphatic carbocycles. The van der Waals surface area contributed by atoms with Crippen molar-refractivity contribution in [2.45, 2.75) is 39.2 Å². The number of carbonyl (C=O) groups excluding carboxylic acids is 1. The van der Waals surface area contributed by atoms with E-state index in [1.54, 1.807) is 0 Å². The number of ether oxygens (including phenoxy) is 1. The lowest BCUT2D eigenvalue weighted by Gasteiger charge is -2.39. The maximum Gasteiger partial charge on any atom is 0.314 e. The molecule has 0 spiro atoms. The maximum absolute atomic E-state index is 11.7. The highest BCUT2D eigenvalue weighted by molar-refractivity contribution is 5.79. The zero-order valence-corrected chi connectivity index (χ0v) is 9.04. The summed E-state index contributed by atoms with van der Waals surface area (Å²) < 4.78 is 4.82. The molecular weight excluding hydrogens is 180 g/mol. The highest BCUT2D eigenvalue weighted by atomic mass is 16.5. The van der Waals surface area contributed by atoms with E-state index < -0.39 is 11.5 Å². The van der Waals surface area contributed by atoms with Crippen molar-refractivity contribution >= 4 is 5.97 Å². The van der Waals surface area contributed by atoms with Gasteiger partial charge in [-0.25, -0.2) is 0 Å². The van der Waals surface area contributed by atoms with Crippen LogP contribution >= 0.6 is 0 Å². The van der Waals surface area contributed by atoms with Crippen LogP contribution in [0.25, 0.3) is 0 Å². The lowest BCUT2D eigenvalue weighted by Crippen LogP contribution is -2.46. The summed E-state index contributed by atoms with van der Waals surface area (Å²) in [5.74, 6) is 0.245. The predicted octanol–water partition coefficient (Wildman–Crippen LogP) is 1.35. The Morgan fingerprint density at radius 1 is 1.50 bits per heavy atom. The quantitative estimate of drug-likeness (QED) is 0.647. The summed E-state index contributed by atoms with van der Waals surface area (Å²) in [4.78, 5) is 11.7. The highest BCUT2D eigenvalue weighted by Gasteiger charge is 2.65. The number of esters is 1. The zero-order valence-electron chi connectivity index (χ0n) is 9.04. The molecule has 0 radical (unpaired) electrons. The van der Waals surface area contributed by atoms with Crippen molar-refractivity contribution < 1.29 is 14.6 Å². The Morgan fingerprint density at radius 2 is 2.14 bits per heavy atom. The average Bonchev–Trinajstić information content (AvgIpc) is 2.66. The standard InChI is InChI=1S/C11H18O3/c1-10(2)7-4-5-11(6-7,8(10)12)9(13)14-3/h7-8,12H,4-6H2,1-3H3/t7-,8+,11-/m0/s1. The van der Waals surface area contributed by atoms with Crippen LogP contribution in [-0.2, 0) is 9.53 Å². The van der Waals surface area contributed by atoms with E-state index in [4.69, 9.17) is 4.74 Å². The third-order valence-electron chi connectivity index (χ3n) is 4.42. The molecule has 0 saturated heterocycles. The molecule has 3 atom stereocenters. The Balaban J connectivity index is 2.35. The third kappa shape index (κ3) is 0.937. The normalized spacial score (nSPS) is 44.0. The van der Waals surface area contributed by atoms with E-state index in [9.17, 15) is 9.90 Å². The molecule has 2 rings (SSSR count). The van der Waals surface area contributed by atoms with Gasteiger partial charge in [0.15, 0.2) is 0 Å². The Bertz CT molecular complexity index is 272. The van der Waals surface area contributed by atoms with E-state index in [1.165, 1.54) is 7.11 Å². The second-order valence-electron chi connectivity index (χ2n) is 5.31. The van der Waals surface area contributed by atoms with Crippen molar-refractivity contribution in [3.63, 3.8) is 0 Å². The van der Waals surface area contributed by atoms with Crippen molar-refractivity contribution in [3.8, 4) is 0 Å². The highest BCUT2D eigenvalue weighted by Crippen LogP contribution is 2.62. The van der Waals surface area contributed by atoms with Crippen LogP contribution in [0.2, 0.25) is 0 Å². The molecule has 14 heavy (non-hydrogen) atoms. The molecule has 80 valence electrons. The first-order valence-electron chi connectivity index (χ1n) is 5.21. The number of carbonyl (C=O) groups is 1. The van der Waals surface area contributed by atoms with Gasteiger partial charge in [0.25, 0.3) is 0 Å². The van der Waals surface area contributed by atoms with Crippen molar-refractivity contribution in [1.29, 1.82) is 0 Å². The van der Waals surface area contributed by atoms with Crippen molar-refractivity contribution in [2.75, 3.05) is 7.11 Å². The first-order valence-corrected chi connectivity index (χ1v) is 5.21. The van der Waals surface area contributed by atoms with Crippen molar-refractivity contribution in [1.82, 2.24) is 0 Å². The van der Waals surface area contributed by atoms with Gasteiger partial charge < -0.3 is 9.84 Å². The average molecular weight is 198 g/mol. The molecule has 1 N–H and O–H groups in total. The van der Waals surface area contributed by atoms with Crippen LogP contribution in [0, 0.1) is 16.7 Å². The molecule has 0 aliphatic heterocycles. The molecule has 0 aromatic carbocycles. The molecule has 2 aliphatic rings. The Morgan fingerprint density at radius 3 is 2.57 bits per heavy atom. The van der Waals surface area contributed by atoms with Crippen LogP contribution in [0.5, 0.6) is 0 Å². The van der Waals surface area contributed by atoms with Crippen molar-refractivity contribution in [3.05, 3.63) is 0 Å². The van der Waals surface area contributed by atoms with Gasteiger partial charge in [0.2, 0.25) is 0 Å². The number of aliphatic hydroxyl groups is 1. The van der Waals surface area contributed by atoms with E-state index in [0.29, 0.717) is 5.92 Å². The first-order chi connectivity index (χ1) is 6.45. The summed E-state index contributed by atoms with van der Waals surface area (Å²) in [6.07, 6.45) is 2.09. The number of fused-ring (bicyclic) bond motifs is 2. The fourth-order valence-electron chi connectivity index (χ4n) is 3.39. The lowest BCUT2D eigenvalue weighted by atomic mass is 9.69. The Hall–Kier alpha value is -0.570. The van der Waals surface area contributed by atoms with Crippen LogP contribution in [0.1, 0.15) is 33.1 Å². The number of hydrogen-bond acceptors (Lipinski definition) is 3. The van der Waals surface area contributed by atoms with Gasteiger partial charge >= 0.3 is 5.97 Å². The molecular formula is C11H18O3. The molecule has 0 aromatic rings. The van der Waals surface area contributed by atoms with Crippen LogP contribution in [0.3, 0.4) is 0 Å². The molecule has 0 unspecified atom stereocenters. The minimum absolute atomic E-state index is 0.132. The molecule has 3 heteroatoms. The third-order valence-corrected chi connectivity index (χ3v) is 4.42. The van der Waals surface area contributed by atoms with Gasteiger partial charge in [-0.15, -0.1) is 0 Å². The predicted molar refractivity (Wildman–Crippen MR) is 51.6 cm³/mol.